The molecule has 90 valence electrons. The summed E-state index contributed by atoms with van der Waals surface area (Å²) in [5, 5.41) is 3.38. The first-order valence-corrected chi connectivity index (χ1v) is 6.13. The number of oxazole rings is 1. The SMILES string of the molecule is c1cc(OC2CCCNCC2)c2ocnc2c1. The van der Waals surface area contributed by atoms with Gasteiger partial charge in [-0.3, -0.25) is 0 Å². The largest absolute Gasteiger partial charge is 0.486 e. The van der Waals surface area contributed by atoms with Gasteiger partial charge in [-0.15, -0.1) is 0 Å². The fourth-order valence-corrected chi connectivity index (χ4v) is 2.24. The molecule has 1 atom stereocenters. The van der Waals surface area contributed by atoms with Crippen molar-refractivity contribution in [2.24, 2.45) is 0 Å². The van der Waals surface area contributed by atoms with Crippen molar-refractivity contribution in [3.05, 3.63) is 24.6 Å². The van der Waals surface area contributed by atoms with Gasteiger partial charge in [-0.25, -0.2) is 4.98 Å². The van der Waals surface area contributed by atoms with E-state index in [0.29, 0.717) is 0 Å². The summed E-state index contributed by atoms with van der Waals surface area (Å²) in [5.74, 6) is 0.812. The molecular formula is C13H16N2O2. The zero-order valence-corrected chi connectivity index (χ0v) is 9.69. The van der Waals surface area contributed by atoms with E-state index >= 15 is 0 Å². The number of aromatic nitrogens is 1. The monoisotopic (exact) mass is 232 g/mol. The Morgan fingerprint density at radius 2 is 2.29 bits per heavy atom. The first kappa shape index (κ1) is 10.6. The van der Waals surface area contributed by atoms with E-state index in [9.17, 15) is 0 Å². The minimum Gasteiger partial charge on any atom is -0.486 e. The van der Waals surface area contributed by atoms with Gasteiger partial charge in [0.05, 0.1) is 0 Å². The minimum absolute atomic E-state index is 0.278. The molecule has 4 heteroatoms. The molecule has 1 aliphatic rings. The Bertz CT molecular complexity index is 487. The molecule has 2 aromatic rings. The molecule has 2 heterocycles. The highest BCUT2D eigenvalue weighted by Crippen LogP contribution is 2.26. The second-order valence-electron chi connectivity index (χ2n) is 4.38. The van der Waals surface area contributed by atoms with Crippen LogP contribution in [0.1, 0.15) is 19.3 Å². The lowest BCUT2D eigenvalue weighted by atomic mass is 10.1. The van der Waals surface area contributed by atoms with E-state index in [-0.39, 0.29) is 6.10 Å². The predicted molar refractivity (Wildman–Crippen MR) is 65.1 cm³/mol. The molecule has 0 spiro atoms. The Kier molecular flexibility index (Phi) is 2.96. The second-order valence-corrected chi connectivity index (χ2v) is 4.38. The molecule has 3 rings (SSSR count). The molecule has 0 amide bonds. The van der Waals surface area contributed by atoms with Crippen molar-refractivity contribution >= 4 is 11.1 Å². The van der Waals surface area contributed by atoms with Crippen LogP contribution in [0, 0.1) is 0 Å². The van der Waals surface area contributed by atoms with Gasteiger partial charge in [-0.1, -0.05) is 6.07 Å². The lowest BCUT2D eigenvalue weighted by Gasteiger charge is -2.16. The summed E-state index contributed by atoms with van der Waals surface area (Å²) < 4.78 is 11.4. The Labute approximate surface area is 100.0 Å². The van der Waals surface area contributed by atoms with E-state index < -0.39 is 0 Å². The molecular weight excluding hydrogens is 216 g/mol. The van der Waals surface area contributed by atoms with Crippen molar-refractivity contribution in [3.63, 3.8) is 0 Å². The van der Waals surface area contributed by atoms with Gasteiger partial charge in [0, 0.05) is 0 Å². The first-order chi connectivity index (χ1) is 8.43. The number of para-hydroxylation sites is 1. The van der Waals surface area contributed by atoms with Crippen LogP contribution in [0.2, 0.25) is 0 Å². The van der Waals surface area contributed by atoms with E-state index in [0.717, 1.165) is 49.2 Å². The zero-order valence-electron chi connectivity index (χ0n) is 9.69. The summed E-state index contributed by atoms with van der Waals surface area (Å²) >= 11 is 0. The van der Waals surface area contributed by atoms with Gasteiger partial charge in [0.15, 0.2) is 17.7 Å². The summed E-state index contributed by atoms with van der Waals surface area (Å²) in [7, 11) is 0. The highest BCUT2D eigenvalue weighted by molar-refractivity contribution is 5.78. The standard InChI is InChI=1S/C13H16N2O2/c1-4-11-13(16-9-15-11)12(5-1)17-10-3-2-7-14-8-6-10/h1,4-5,9-10,14H,2-3,6-8H2. The van der Waals surface area contributed by atoms with Gasteiger partial charge >= 0.3 is 0 Å². The van der Waals surface area contributed by atoms with Crippen molar-refractivity contribution in [3.8, 4) is 5.75 Å². The van der Waals surface area contributed by atoms with E-state index in [1.807, 2.05) is 18.2 Å². The van der Waals surface area contributed by atoms with Crippen molar-refractivity contribution in [1.29, 1.82) is 0 Å². The van der Waals surface area contributed by atoms with E-state index in [2.05, 4.69) is 10.3 Å². The number of ether oxygens (including phenoxy) is 1. The van der Waals surface area contributed by atoms with Crippen LogP contribution in [0.5, 0.6) is 5.75 Å². The molecule has 4 nitrogen and oxygen atoms in total. The number of rotatable bonds is 2. The molecule has 1 aromatic heterocycles. The number of benzene rings is 1. The lowest BCUT2D eigenvalue weighted by Crippen LogP contribution is -2.19. The Morgan fingerprint density at radius 3 is 3.29 bits per heavy atom. The summed E-state index contributed by atoms with van der Waals surface area (Å²) in [6, 6.07) is 5.83. The maximum absolute atomic E-state index is 6.03. The molecule has 1 unspecified atom stereocenters. The summed E-state index contributed by atoms with van der Waals surface area (Å²) in [6.45, 7) is 2.11. The highest BCUT2D eigenvalue weighted by atomic mass is 16.5. The number of hydrogen-bond donors (Lipinski definition) is 1. The predicted octanol–water partition coefficient (Wildman–Crippen LogP) is 2.35. The maximum Gasteiger partial charge on any atom is 0.196 e. The van der Waals surface area contributed by atoms with Gasteiger partial charge in [-0.05, 0) is 44.5 Å². The number of fused-ring (bicyclic) bond motifs is 1. The van der Waals surface area contributed by atoms with Crippen molar-refractivity contribution < 1.29 is 9.15 Å². The summed E-state index contributed by atoms with van der Waals surface area (Å²) in [4.78, 5) is 4.13. The first-order valence-electron chi connectivity index (χ1n) is 6.13. The van der Waals surface area contributed by atoms with E-state index in [1.165, 1.54) is 6.39 Å². The average Bonchev–Trinajstić information content (AvgIpc) is 2.69. The van der Waals surface area contributed by atoms with Gasteiger partial charge < -0.3 is 14.5 Å². The third-order valence-electron chi connectivity index (χ3n) is 3.14. The second kappa shape index (κ2) is 4.75. The molecule has 0 bridgehead atoms. The van der Waals surface area contributed by atoms with Crippen LogP contribution in [-0.4, -0.2) is 24.2 Å². The maximum atomic E-state index is 6.03. The van der Waals surface area contributed by atoms with Crippen molar-refractivity contribution in [2.75, 3.05) is 13.1 Å². The number of hydrogen-bond acceptors (Lipinski definition) is 4. The topological polar surface area (TPSA) is 47.3 Å². The fraction of sp³-hybridized carbons (Fsp3) is 0.462. The molecule has 0 saturated carbocycles. The van der Waals surface area contributed by atoms with Crippen LogP contribution >= 0.6 is 0 Å². The molecule has 1 saturated heterocycles. The number of nitrogens with one attached hydrogen (secondary N) is 1. The van der Waals surface area contributed by atoms with E-state index in [1.54, 1.807) is 0 Å². The van der Waals surface area contributed by atoms with Crippen LogP contribution in [0.3, 0.4) is 0 Å². The van der Waals surface area contributed by atoms with Gasteiger partial charge in [0.2, 0.25) is 0 Å². The zero-order chi connectivity index (χ0) is 11.5. The fourth-order valence-electron chi connectivity index (χ4n) is 2.24. The highest BCUT2D eigenvalue weighted by Gasteiger charge is 2.15. The third kappa shape index (κ3) is 2.26. The van der Waals surface area contributed by atoms with Gasteiger partial charge in [0.1, 0.15) is 11.6 Å². The van der Waals surface area contributed by atoms with Crippen LogP contribution < -0.4 is 10.1 Å². The molecule has 0 aliphatic carbocycles. The lowest BCUT2D eigenvalue weighted by molar-refractivity contribution is 0.188. The van der Waals surface area contributed by atoms with Crippen molar-refractivity contribution in [2.45, 2.75) is 25.4 Å². The number of nitrogens with zero attached hydrogens (tertiary/aromatic N) is 1. The molecule has 0 radical (unpaired) electrons. The smallest absolute Gasteiger partial charge is 0.196 e. The Morgan fingerprint density at radius 1 is 1.29 bits per heavy atom. The molecule has 17 heavy (non-hydrogen) atoms. The van der Waals surface area contributed by atoms with Crippen LogP contribution in [0.15, 0.2) is 29.0 Å². The average molecular weight is 232 g/mol. The molecule has 1 N–H and O–H groups in total. The Hall–Kier alpha value is -1.55. The van der Waals surface area contributed by atoms with Crippen molar-refractivity contribution in [1.82, 2.24) is 10.3 Å². The minimum atomic E-state index is 0.278. The van der Waals surface area contributed by atoms with Crippen LogP contribution in [0.25, 0.3) is 11.1 Å². The normalized spacial score (nSPS) is 21.3. The van der Waals surface area contributed by atoms with Gasteiger partial charge in [0.25, 0.3) is 0 Å². The molecule has 1 aromatic carbocycles. The van der Waals surface area contributed by atoms with Crippen LogP contribution in [0.4, 0.5) is 0 Å². The summed E-state index contributed by atoms with van der Waals surface area (Å²) in [6.07, 6.45) is 5.05. The van der Waals surface area contributed by atoms with Gasteiger partial charge in [-0.2, -0.15) is 0 Å². The summed E-state index contributed by atoms with van der Waals surface area (Å²) in [5.41, 5.74) is 1.61. The Balaban J connectivity index is 1.81. The quantitative estimate of drug-likeness (QED) is 0.863. The third-order valence-corrected chi connectivity index (χ3v) is 3.14. The van der Waals surface area contributed by atoms with E-state index in [4.69, 9.17) is 9.15 Å². The molecule has 1 aliphatic heterocycles. The van der Waals surface area contributed by atoms with Crippen LogP contribution in [-0.2, 0) is 0 Å². The molecule has 1 fully saturated rings.